The summed E-state index contributed by atoms with van der Waals surface area (Å²) in [4.78, 5) is 32.0. The van der Waals surface area contributed by atoms with E-state index < -0.39 is 0 Å². The van der Waals surface area contributed by atoms with Crippen LogP contribution in [0.1, 0.15) is 43.0 Å². The molecular weight excluding hydrogens is 362 g/mol. The van der Waals surface area contributed by atoms with Gasteiger partial charge in [0.1, 0.15) is 17.2 Å². The molecule has 3 aromatic heterocycles. The van der Waals surface area contributed by atoms with E-state index >= 15 is 0 Å². The molecular formula is C19H23N5O2S. The number of amides is 1. The lowest BCUT2D eigenvalue weighted by Gasteiger charge is -2.09. The molecule has 0 fully saturated rings. The third kappa shape index (κ3) is 3.53. The Morgan fingerprint density at radius 1 is 1.30 bits per heavy atom. The van der Waals surface area contributed by atoms with Gasteiger partial charge in [-0.15, -0.1) is 11.3 Å². The van der Waals surface area contributed by atoms with Crippen molar-refractivity contribution in [3.8, 4) is 0 Å². The van der Waals surface area contributed by atoms with Crippen molar-refractivity contribution in [3.63, 3.8) is 0 Å². The number of carbonyl (C=O) groups is 1. The second-order valence-electron chi connectivity index (χ2n) is 6.91. The molecule has 0 aliphatic heterocycles. The zero-order chi connectivity index (χ0) is 18.8. The van der Waals surface area contributed by atoms with E-state index in [1.165, 1.54) is 28.6 Å². The van der Waals surface area contributed by atoms with Crippen molar-refractivity contribution in [1.82, 2.24) is 19.3 Å². The van der Waals surface area contributed by atoms with Crippen LogP contribution in [0.2, 0.25) is 0 Å². The summed E-state index contributed by atoms with van der Waals surface area (Å²) < 4.78 is 3.16. The van der Waals surface area contributed by atoms with Crippen LogP contribution in [0.25, 0.3) is 10.2 Å². The smallest absolute Gasteiger partial charge is 0.262 e. The van der Waals surface area contributed by atoms with Gasteiger partial charge in [0.2, 0.25) is 5.91 Å². The molecule has 3 aromatic rings. The summed E-state index contributed by atoms with van der Waals surface area (Å²) in [6.45, 7) is 2.73. The van der Waals surface area contributed by atoms with Gasteiger partial charge in [-0.05, 0) is 37.7 Å². The molecule has 27 heavy (non-hydrogen) atoms. The Hall–Kier alpha value is -2.48. The summed E-state index contributed by atoms with van der Waals surface area (Å²) in [5.41, 5.74) is 1.04. The molecule has 1 aliphatic rings. The number of fused-ring (bicyclic) bond motifs is 3. The van der Waals surface area contributed by atoms with E-state index in [0.29, 0.717) is 11.2 Å². The molecule has 7 nitrogen and oxygen atoms in total. The fraction of sp³-hybridized carbons (Fsp3) is 0.474. The van der Waals surface area contributed by atoms with Crippen LogP contribution >= 0.6 is 11.3 Å². The Bertz CT molecular complexity index is 1030. The second kappa shape index (κ2) is 7.64. The van der Waals surface area contributed by atoms with Crippen LogP contribution in [0.5, 0.6) is 0 Å². The van der Waals surface area contributed by atoms with Crippen molar-refractivity contribution in [2.24, 2.45) is 0 Å². The average molecular weight is 385 g/mol. The Balaban J connectivity index is 1.59. The fourth-order valence-electron chi connectivity index (χ4n) is 3.64. The first-order chi connectivity index (χ1) is 13.2. The molecule has 3 heterocycles. The predicted molar refractivity (Wildman–Crippen MR) is 106 cm³/mol. The van der Waals surface area contributed by atoms with Crippen molar-refractivity contribution < 1.29 is 4.79 Å². The fourth-order valence-corrected chi connectivity index (χ4v) is 4.86. The molecule has 1 aliphatic carbocycles. The van der Waals surface area contributed by atoms with Crippen LogP contribution in [-0.4, -0.2) is 25.2 Å². The molecule has 1 amide bonds. The Kier molecular flexibility index (Phi) is 5.07. The largest absolute Gasteiger partial charge is 0.309 e. The zero-order valence-electron chi connectivity index (χ0n) is 15.4. The number of hydrogen-bond acceptors (Lipinski definition) is 5. The highest BCUT2D eigenvalue weighted by Gasteiger charge is 2.19. The maximum Gasteiger partial charge on any atom is 0.262 e. The van der Waals surface area contributed by atoms with Crippen LogP contribution in [-0.2, 0) is 30.7 Å². The molecule has 0 unspecified atom stereocenters. The van der Waals surface area contributed by atoms with Crippen molar-refractivity contribution >= 4 is 33.3 Å². The molecule has 0 saturated carbocycles. The SMILES string of the molecule is CCCn1nccc1NC(=O)Cn1cnc2sc3c(c2c1=O)CCCCC3. The van der Waals surface area contributed by atoms with Gasteiger partial charge in [0.05, 0.1) is 17.9 Å². The van der Waals surface area contributed by atoms with E-state index in [1.807, 2.05) is 0 Å². The molecule has 1 N–H and O–H groups in total. The number of thiophene rings is 1. The number of hydrogen-bond donors (Lipinski definition) is 1. The summed E-state index contributed by atoms with van der Waals surface area (Å²) in [6, 6.07) is 1.76. The van der Waals surface area contributed by atoms with Gasteiger partial charge >= 0.3 is 0 Å². The number of nitrogens with one attached hydrogen (secondary N) is 1. The molecule has 142 valence electrons. The molecule has 0 aromatic carbocycles. The maximum absolute atomic E-state index is 13.0. The highest BCUT2D eigenvalue weighted by atomic mass is 32.1. The number of aromatic nitrogens is 4. The number of aryl methyl sites for hydroxylation is 3. The average Bonchev–Trinajstić information content (AvgIpc) is 3.15. The van der Waals surface area contributed by atoms with Gasteiger partial charge in [-0.2, -0.15) is 5.10 Å². The van der Waals surface area contributed by atoms with Crippen LogP contribution in [0.15, 0.2) is 23.4 Å². The highest BCUT2D eigenvalue weighted by Crippen LogP contribution is 2.32. The zero-order valence-corrected chi connectivity index (χ0v) is 16.2. The van der Waals surface area contributed by atoms with Crippen molar-refractivity contribution in [1.29, 1.82) is 0 Å². The second-order valence-corrected chi connectivity index (χ2v) is 7.99. The lowest BCUT2D eigenvalue weighted by atomic mass is 10.1. The van der Waals surface area contributed by atoms with E-state index in [4.69, 9.17) is 0 Å². The first-order valence-corrected chi connectivity index (χ1v) is 10.3. The van der Waals surface area contributed by atoms with Crippen molar-refractivity contribution in [2.75, 3.05) is 5.32 Å². The maximum atomic E-state index is 13.0. The summed E-state index contributed by atoms with van der Waals surface area (Å²) >= 11 is 1.63. The normalized spacial score (nSPS) is 14.1. The van der Waals surface area contributed by atoms with Gasteiger partial charge in [0, 0.05) is 17.5 Å². The Morgan fingerprint density at radius 3 is 3.00 bits per heavy atom. The minimum Gasteiger partial charge on any atom is -0.309 e. The number of rotatable bonds is 5. The first-order valence-electron chi connectivity index (χ1n) is 9.48. The minimum atomic E-state index is -0.252. The third-order valence-electron chi connectivity index (χ3n) is 4.93. The van der Waals surface area contributed by atoms with Crippen LogP contribution in [0.3, 0.4) is 0 Å². The summed E-state index contributed by atoms with van der Waals surface area (Å²) in [5, 5.41) is 7.75. The Morgan fingerprint density at radius 2 is 2.15 bits per heavy atom. The molecule has 0 spiro atoms. The molecule has 8 heteroatoms. The molecule has 0 radical (unpaired) electrons. The number of carbonyl (C=O) groups excluding carboxylic acids is 1. The molecule has 4 rings (SSSR count). The van der Waals surface area contributed by atoms with Gasteiger partial charge < -0.3 is 5.32 Å². The van der Waals surface area contributed by atoms with E-state index in [-0.39, 0.29) is 18.0 Å². The van der Waals surface area contributed by atoms with Gasteiger partial charge in [-0.25, -0.2) is 9.67 Å². The molecule has 0 atom stereocenters. The lowest BCUT2D eigenvalue weighted by Crippen LogP contribution is -2.28. The van der Waals surface area contributed by atoms with Gasteiger partial charge in [0.25, 0.3) is 5.56 Å². The van der Waals surface area contributed by atoms with Gasteiger partial charge in [-0.1, -0.05) is 13.3 Å². The van der Waals surface area contributed by atoms with Crippen molar-refractivity contribution in [2.45, 2.75) is 58.5 Å². The van der Waals surface area contributed by atoms with E-state index in [9.17, 15) is 9.59 Å². The summed E-state index contributed by atoms with van der Waals surface area (Å²) in [6.07, 6.45) is 9.50. The number of nitrogens with zero attached hydrogens (tertiary/aromatic N) is 4. The summed E-state index contributed by atoms with van der Waals surface area (Å²) in [5.74, 6) is 0.394. The van der Waals surface area contributed by atoms with E-state index in [0.717, 1.165) is 42.6 Å². The van der Waals surface area contributed by atoms with E-state index in [1.54, 1.807) is 28.3 Å². The monoisotopic (exact) mass is 385 g/mol. The number of anilines is 1. The lowest BCUT2D eigenvalue weighted by molar-refractivity contribution is -0.116. The first kappa shape index (κ1) is 17.9. The van der Waals surface area contributed by atoms with Crippen LogP contribution < -0.4 is 10.9 Å². The molecule has 0 saturated heterocycles. The van der Waals surface area contributed by atoms with Gasteiger partial charge in [0.15, 0.2) is 0 Å². The van der Waals surface area contributed by atoms with Crippen LogP contribution in [0.4, 0.5) is 5.82 Å². The third-order valence-corrected chi connectivity index (χ3v) is 6.13. The van der Waals surface area contributed by atoms with E-state index in [2.05, 4.69) is 22.3 Å². The summed E-state index contributed by atoms with van der Waals surface area (Å²) in [7, 11) is 0. The predicted octanol–water partition coefficient (Wildman–Crippen LogP) is 2.97. The van der Waals surface area contributed by atoms with Crippen LogP contribution in [0, 0.1) is 0 Å². The Labute approximate surface area is 161 Å². The quantitative estimate of drug-likeness (QED) is 0.685. The molecule has 0 bridgehead atoms. The minimum absolute atomic E-state index is 0.0519. The highest BCUT2D eigenvalue weighted by molar-refractivity contribution is 7.18. The van der Waals surface area contributed by atoms with Crippen molar-refractivity contribution in [3.05, 3.63) is 39.4 Å². The van der Waals surface area contributed by atoms with Gasteiger partial charge in [-0.3, -0.25) is 14.2 Å². The topological polar surface area (TPSA) is 81.8 Å². The standard InChI is InChI=1S/C19H23N5O2S/c1-2-10-24-15(8-9-21-24)22-16(25)11-23-12-20-18-17(19(23)26)13-6-4-3-5-7-14(13)27-18/h8-9,12H,2-7,10-11H2,1H3,(H,22,25).